The van der Waals surface area contributed by atoms with Crippen LogP contribution in [-0.4, -0.2) is 57.9 Å². The van der Waals surface area contributed by atoms with Gasteiger partial charge >= 0.3 is 0 Å². The molecule has 2 aromatic rings. The molecule has 0 radical (unpaired) electrons. The fraction of sp³-hybridized carbons (Fsp3) is 0.304. The number of benzene rings is 2. The first-order chi connectivity index (χ1) is 13.8. The number of rotatable bonds is 6. The van der Waals surface area contributed by atoms with E-state index >= 15 is 0 Å². The number of hydrogen-bond acceptors (Lipinski definition) is 4. The van der Waals surface area contributed by atoms with Gasteiger partial charge in [0, 0.05) is 25.4 Å². The molecule has 6 nitrogen and oxygen atoms in total. The highest BCUT2D eigenvalue weighted by Crippen LogP contribution is 2.38. The van der Waals surface area contributed by atoms with Gasteiger partial charge in [-0.05, 0) is 23.3 Å². The molecule has 1 aliphatic rings. The second-order valence-corrected chi connectivity index (χ2v) is 7.78. The molecule has 1 fully saturated rings. The van der Waals surface area contributed by atoms with Crippen LogP contribution >= 0.6 is 0 Å². The number of Topliss-reactive ketones (excluding diaryl/α,β-unsaturated/α-hetero) is 1. The predicted octanol–water partition coefficient (Wildman–Crippen LogP) is 0.121. The van der Waals surface area contributed by atoms with Crippen molar-refractivity contribution in [3.8, 4) is 0 Å². The van der Waals surface area contributed by atoms with Crippen LogP contribution in [0.2, 0.25) is 0 Å². The molecule has 1 N–H and O–H groups in total. The van der Waals surface area contributed by atoms with Gasteiger partial charge in [0.25, 0.3) is 5.91 Å². The number of ketones is 1. The summed E-state index contributed by atoms with van der Waals surface area (Å²) in [5.74, 6) is -1.69. The van der Waals surface area contributed by atoms with Gasteiger partial charge in [0.15, 0.2) is 0 Å². The molecule has 1 unspecified atom stereocenters. The van der Waals surface area contributed by atoms with Crippen LogP contribution in [0.5, 0.6) is 0 Å². The number of nitrogens with zero attached hydrogens (tertiary/aromatic N) is 2. The SMILES string of the molecule is CN(C)c1ccc(C2C(=C([O-])c3ccccc3)C(=O)C(=O)N2CC[NH+](C)C)cc1. The molecule has 1 heterocycles. The van der Waals surface area contributed by atoms with Crippen LogP contribution in [0.4, 0.5) is 5.69 Å². The molecular weight excluding hydrogens is 366 g/mol. The van der Waals surface area contributed by atoms with Crippen molar-refractivity contribution in [3.63, 3.8) is 0 Å². The maximum atomic E-state index is 13.2. The molecule has 0 saturated carbocycles. The number of quaternary nitrogens is 1. The molecule has 0 bridgehead atoms. The van der Waals surface area contributed by atoms with Crippen molar-refractivity contribution in [1.29, 1.82) is 0 Å². The molecule has 1 aliphatic heterocycles. The summed E-state index contributed by atoms with van der Waals surface area (Å²) >= 11 is 0. The summed E-state index contributed by atoms with van der Waals surface area (Å²) in [7, 11) is 7.87. The van der Waals surface area contributed by atoms with Crippen molar-refractivity contribution < 1.29 is 19.6 Å². The van der Waals surface area contributed by atoms with Gasteiger partial charge in [0.05, 0.1) is 33.2 Å². The number of likely N-dealkylation sites (N-methyl/N-ethyl adjacent to an activating group) is 1. The normalized spacial score (nSPS) is 18.5. The average molecular weight is 393 g/mol. The van der Waals surface area contributed by atoms with Crippen LogP contribution in [0.3, 0.4) is 0 Å². The minimum Gasteiger partial charge on any atom is -0.872 e. The first-order valence-electron chi connectivity index (χ1n) is 9.69. The van der Waals surface area contributed by atoms with E-state index in [4.69, 9.17) is 0 Å². The molecular formula is C23H27N3O3. The Morgan fingerprint density at radius 1 is 1.03 bits per heavy atom. The van der Waals surface area contributed by atoms with Crippen LogP contribution in [0.1, 0.15) is 17.2 Å². The minimum absolute atomic E-state index is 0.0348. The van der Waals surface area contributed by atoms with Crippen LogP contribution < -0.4 is 14.9 Å². The Labute approximate surface area is 171 Å². The fourth-order valence-electron chi connectivity index (χ4n) is 3.49. The lowest BCUT2D eigenvalue weighted by Crippen LogP contribution is -3.06. The molecule has 6 heteroatoms. The highest BCUT2D eigenvalue weighted by Gasteiger charge is 2.44. The number of amides is 1. The number of carbonyl (C=O) groups excluding carboxylic acids is 2. The van der Waals surface area contributed by atoms with E-state index in [9.17, 15) is 14.7 Å². The Hall–Kier alpha value is -3.12. The van der Waals surface area contributed by atoms with Crippen molar-refractivity contribution in [3.05, 3.63) is 71.3 Å². The number of hydrogen-bond donors (Lipinski definition) is 1. The molecule has 1 atom stereocenters. The van der Waals surface area contributed by atoms with Gasteiger partial charge in [-0.15, -0.1) is 0 Å². The van der Waals surface area contributed by atoms with Crippen molar-refractivity contribution in [2.45, 2.75) is 6.04 Å². The summed E-state index contributed by atoms with van der Waals surface area (Å²) in [6.07, 6.45) is 0. The summed E-state index contributed by atoms with van der Waals surface area (Å²) in [6.45, 7) is 1.08. The van der Waals surface area contributed by atoms with E-state index < -0.39 is 17.7 Å². The maximum Gasteiger partial charge on any atom is 0.295 e. The van der Waals surface area contributed by atoms with Gasteiger partial charge in [-0.3, -0.25) is 9.59 Å². The lowest BCUT2D eigenvalue weighted by Gasteiger charge is -2.28. The van der Waals surface area contributed by atoms with Gasteiger partial charge in [-0.25, -0.2) is 0 Å². The molecule has 29 heavy (non-hydrogen) atoms. The lowest BCUT2D eigenvalue weighted by molar-refractivity contribution is -0.857. The van der Waals surface area contributed by atoms with Gasteiger partial charge in [-0.2, -0.15) is 0 Å². The second kappa shape index (κ2) is 8.49. The average Bonchev–Trinajstić information content (AvgIpc) is 2.97. The molecule has 3 rings (SSSR count). The molecule has 152 valence electrons. The van der Waals surface area contributed by atoms with Crippen LogP contribution in [0.25, 0.3) is 5.76 Å². The number of nitrogens with one attached hydrogen (secondary N) is 1. The van der Waals surface area contributed by atoms with Crippen LogP contribution in [0.15, 0.2) is 60.2 Å². The van der Waals surface area contributed by atoms with Gasteiger partial charge in [0.2, 0.25) is 5.78 Å². The minimum atomic E-state index is -0.700. The van der Waals surface area contributed by atoms with E-state index in [-0.39, 0.29) is 11.3 Å². The molecule has 0 aromatic heterocycles. The van der Waals surface area contributed by atoms with E-state index in [0.29, 0.717) is 18.7 Å². The lowest BCUT2D eigenvalue weighted by atomic mass is 9.95. The summed E-state index contributed by atoms with van der Waals surface area (Å²) < 4.78 is 0. The Morgan fingerprint density at radius 3 is 2.21 bits per heavy atom. The monoisotopic (exact) mass is 393 g/mol. The first-order valence-corrected chi connectivity index (χ1v) is 9.69. The number of carbonyl (C=O) groups is 2. The van der Waals surface area contributed by atoms with Gasteiger partial charge < -0.3 is 19.8 Å². The molecule has 2 aromatic carbocycles. The zero-order valence-electron chi connectivity index (χ0n) is 17.3. The summed E-state index contributed by atoms with van der Waals surface area (Å²) in [5.41, 5.74) is 2.22. The zero-order valence-corrected chi connectivity index (χ0v) is 17.3. The summed E-state index contributed by atoms with van der Waals surface area (Å²) in [4.78, 5) is 30.4. The topological polar surface area (TPSA) is 68.1 Å². The van der Waals surface area contributed by atoms with Crippen LogP contribution in [0, 0.1) is 0 Å². The fourth-order valence-corrected chi connectivity index (χ4v) is 3.49. The van der Waals surface area contributed by atoms with E-state index in [0.717, 1.165) is 16.2 Å². The summed E-state index contributed by atoms with van der Waals surface area (Å²) in [6, 6.07) is 15.6. The molecule has 1 amide bonds. The second-order valence-electron chi connectivity index (χ2n) is 7.78. The number of likely N-dealkylation sites (tertiary alicyclic amines) is 1. The Balaban J connectivity index is 2.11. The molecule has 0 aliphatic carbocycles. The molecule has 0 spiro atoms. The van der Waals surface area contributed by atoms with Crippen LogP contribution in [-0.2, 0) is 9.59 Å². The molecule has 1 saturated heterocycles. The smallest absolute Gasteiger partial charge is 0.295 e. The largest absolute Gasteiger partial charge is 0.872 e. The van der Waals surface area contributed by atoms with E-state index in [2.05, 4.69) is 0 Å². The predicted molar refractivity (Wildman–Crippen MR) is 111 cm³/mol. The van der Waals surface area contributed by atoms with Crippen molar-refractivity contribution in [2.75, 3.05) is 46.2 Å². The highest BCUT2D eigenvalue weighted by molar-refractivity contribution is 6.46. The van der Waals surface area contributed by atoms with Crippen molar-refractivity contribution >= 4 is 23.1 Å². The Bertz CT molecular complexity index is 918. The summed E-state index contributed by atoms with van der Waals surface area (Å²) in [5, 5.41) is 13.2. The Morgan fingerprint density at radius 2 is 1.66 bits per heavy atom. The number of anilines is 1. The van der Waals surface area contributed by atoms with Gasteiger partial charge in [0.1, 0.15) is 0 Å². The highest BCUT2D eigenvalue weighted by atomic mass is 16.3. The van der Waals surface area contributed by atoms with E-state index in [1.807, 2.05) is 63.4 Å². The Kier molecular flexibility index (Phi) is 6.03. The third-order valence-corrected chi connectivity index (χ3v) is 5.14. The standard InChI is InChI=1S/C23H27N3O3/c1-24(2)14-15-26-20(16-10-12-18(13-11-16)25(3)4)19(22(28)23(26)29)21(27)17-8-6-5-7-9-17/h5-13,20,27H,14-15H2,1-4H3. The van der Waals surface area contributed by atoms with Gasteiger partial charge in [-0.1, -0.05) is 48.2 Å². The third-order valence-electron chi connectivity index (χ3n) is 5.14. The van der Waals surface area contributed by atoms with E-state index in [1.54, 1.807) is 24.3 Å². The quantitative estimate of drug-likeness (QED) is 0.430. The van der Waals surface area contributed by atoms with Crippen molar-refractivity contribution in [1.82, 2.24) is 4.90 Å². The zero-order chi connectivity index (χ0) is 21.1. The maximum absolute atomic E-state index is 13.2. The van der Waals surface area contributed by atoms with Crippen molar-refractivity contribution in [2.24, 2.45) is 0 Å². The third kappa shape index (κ3) is 4.17. The first kappa shape index (κ1) is 20.6. The van der Waals surface area contributed by atoms with E-state index in [1.165, 1.54) is 4.90 Å².